The first-order valence-electron chi connectivity index (χ1n) is 10.1. The Morgan fingerprint density at radius 2 is 2.07 bits per heavy atom. The first-order valence-corrected chi connectivity index (χ1v) is 10.1. The Morgan fingerprint density at radius 1 is 1.21 bits per heavy atom. The molecule has 2 aliphatic rings. The Morgan fingerprint density at radius 3 is 2.93 bits per heavy atom. The van der Waals surface area contributed by atoms with Crippen LogP contribution in [0.4, 0.5) is 0 Å². The molecule has 1 aromatic carbocycles. The minimum Gasteiger partial charge on any atom is -0.351 e. The van der Waals surface area contributed by atoms with Gasteiger partial charge in [-0.3, -0.25) is 9.59 Å². The van der Waals surface area contributed by atoms with Crippen molar-refractivity contribution in [1.82, 2.24) is 24.8 Å². The van der Waals surface area contributed by atoms with E-state index in [9.17, 15) is 9.59 Å². The van der Waals surface area contributed by atoms with Crippen molar-refractivity contribution in [2.45, 2.75) is 31.8 Å². The van der Waals surface area contributed by atoms with Crippen LogP contribution in [0.15, 0.2) is 48.9 Å². The van der Waals surface area contributed by atoms with Gasteiger partial charge in [-0.15, -0.1) is 0 Å². The Bertz CT molecular complexity index is 1060. The van der Waals surface area contributed by atoms with Gasteiger partial charge in [-0.2, -0.15) is 0 Å². The number of piperidine rings is 1. The summed E-state index contributed by atoms with van der Waals surface area (Å²) in [6.45, 7) is 2.03. The number of nitrogens with zero attached hydrogens (tertiary/aromatic N) is 4. The molecular formula is C22H23N5O2. The lowest BCUT2D eigenvalue weighted by molar-refractivity contribution is -0.119. The van der Waals surface area contributed by atoms with E-state index in [0.29, 0.717) is 31.0 Å². The lowest BCUT2D eigenvalue weighted by Gasteiger charge is -2.34. The number of likely N-dealkylation sites (tertiary alicyclic amines) is 1. The zero-order valence-electron chi connectivity index (χ0n) is 16.1. The molecule has 7 heteroatoms. The van der Waals surface area contributed by atoms with Gasteiger partial charge in [-0.25, -0.2) is 9.97 Å². The maximum atomic E-state index is 13.0. The van der Waals surface area contributed by atoms with Crippen molar-refractivity contribution < 1.29 is 9.59 Å². The molecule has 5 rings (SSSR count). The predicted molar refractivity (Wildman–Crippen MR) is 108 cm³/mol. The van der Waals surface area contributed by atoms with Crippen molar-refractivity contribution in [3.8, 4) is 0 Å². The summed E-state index contributed by atoms with van der Waals surface area (Å²) in [5, 5.41) is 2.99. The molecule has 3 aromatic rings. The Kier molecular flexibility index (Phi) is 4.50. The molecule has 7 nitrogen and oxygen atoms in total. The number of carbonyl (C=O) groups is 2. The number of benzene rings is 1. The van der Waals surface area contributed by atoms with Gasteiger partial charge >= 0.3 is 0 Å². The summed E-state index contributed by atoms with van der Waals surface area (Å²) in [7, 11) is 0. The second-order valence-electron chi connectivity index (χ2n) is 7.92. The highest BCUT2D eigenvalue weighted by Gasteiger charge is 2.38. The fourth-order valence-electron chi connectivity index (χ4n) is 4.40. The standard InChI is InChI=1S/C22H23N5O2/c28-20-11-16-7-9-26(13-19(16)25-20)22(29)17-10-18-21(23-12-17)27(14-24-18)8-6-15-4-2-1-3-5-15/h1-5,10,12,14,16,19H,6-9,11,13H2,(H,25,28)/t16-,19-/m1/s1. The van der Waals surface area contributed by atoms with E-state index in [2.05, 4.69) is 27.4 Å². The number of aromatic nitrogens is 3. The number of aryl methyl sites for hydroxylation is 2. The van der Waals surface area contributed by atoms with Crippen molar-refractivity contribution >= 4 is 23.0 Å². The summed E-state index contributed by atoms with van der Waals surface area (Å²) < 4.78 is 2.02. The maximum Gasteiger partial charge on any atom is 0.255 e. The molecule has 0 bridgehead atoms. The van der Waals surface area contributed by atoms with E-state index in [1.54, 1.807) is 12.5 Å². The van der Waals surface area contributed by atoms with Crippen LogP contribution >= 0.6 is 0 Å². The van der Waals surface area contributed by atoms with Crippen molar-refractivity contribution in [2.24, 2.45) is 5.92 Å². The normalized spacial score (nSPS) is 21.2. The van der Waals surface area contributed by atoms with Crippen LogP contribution in [0.3, 0.4) is 0 Å². The van der Waals surface area contributed by atoms with Gasteiger partial charge in [0.15, 0.2) is 5.65 Å². The smallest absolute Gasteiger partial charge is 0.255 e. The molecule has 0 saturated carbocycles. The maximum absolute atomic E-state index is 13.0. The summed E-state index contributed by atoms with van der Waals surface area (Å²) in [6.07, 6.45) is 5.77. The summed E-state index contributed by atoms with van der Waals surface area (Å²) in [5.41, 5.74) is 3.34. The monoisotopic (exact) mass is 389 g/mol. The summed E-state index contributed by atoms with van der Waals surface area (Å²) in [4.78, 5) is 35.4. The molecule has 0 aliphatic carbocycles. The zero-order chi connectivity index (χ0) is 19.8. The van der Waals surface area contributed by atoms with Crippen LogP contribution in [0.25, 0.3) is 11.2 Å². The number of hydrogen-bond donors (Lipinski definition) is 1. The van der Waals surface area contributed by atoms with Crippen molar-refractivity contribution in [2.75, 3.05) is 13.1 Å². The van der Waals surface area contributed by atoms with E-state index in [1.807, 2.05) is 33.7 Å². The van der Waals surface area contributed by atoms with Crippen molar-refractivity contribution in [1.29, 1.82) is 0 Å². The van der Waals surface area contributed by atoms with Gasteiger partial charge in [-0.05, 0) is 30.4 Å². The molecule has 2 aromatic heterocycles. The predicted octanol–water partition coefficient (Wildman–Crippen LogP) is 2.02. The summed E-state index contributed by atoms with van der Waals surface area (Å²) in [6, 6.07) is 12.2. The molecular weight excluding hydrogens is 366 g/mol. The highest BCUT2D eigenvalue weighted by Crippen LogP contribution is 2.27. The van der Waals surface area contributed by atoms with E-state index < -0.39 is 0 Å². The summed E-state index contributed by atoms with van der Waals surface area (Å²) >= 11 is 0. The minimum atomic E-state index is -0.0437. The topological polar surface area (TPSA) is 80.1 Å². The number of carbonyl (C=O) groups excluding carboxylic acids is 2. The highest BCUT2D eigenvalue weighted by atomic mass is 16.2. The van der Waals surface area contributed by atoms with E-state index >= 15 is 0 Å². The SMILES string of the molecule is O=C1C[C@H]2CCN(C(=O)c3cnc4c(c3)ncn4CCc3ccccc3)C[C@H]2N1. The minimum absolute atomic E-state index is 0.0437. The molecule has 4 heterocycles. The Balaban J connectivity index is 1.30. The number of fused-ring (bicyclic) bond motifs is 2. The number of imidazole rings is 1. The molecule has 2 aliphatic heterocycles. The molecule has 0 spiro atoms. The second kappa shape index (κ2) is 7.31. The van der Waals surface area contributed by atoms with Gasteiger partial charge in [-0.1, -0.05) is 30.3 Å². The van der Waals surface area contributed by atoms with Crippen LogP contribution in [0.5, 0.6) is 0 Å². The van der Waals surface area contributed by atoms with Crippen LogP contribution in [0, 0.1) is 5.92 Å². The molecule has 0 unspecified atom stereocenters. The van der Waals surface area contributed by atoms with Gasteiger partial charge in [0, 0.05) is 38.3 Å². The molecule has 2 amide bonds. The van der Waals surface area contributed by atoms with Crippen LogP contribution in [-0.2, 0) is 17.8 Å². The van der Waals surface area contributed by atoms with Crippen LogP contribution in [-0.4, -0.2) is 50.4 Å². The fraction of sp³-hybridized carbons (Fsp3) is 0.364. The largest absolute Gasteiger partial charge is 0.351 e. The molecule has 29 heavy (non-hydrogen) atoms. The fourth-order valence-corrected chi connectivity index (χ4v) is 4.40. The summed E-state index contributed by atoms with van der Waals surface area (Å²) in [5.74, 6) is 0.406. The molecule has 148 valence electrons. The number of nitrogens with one attached hydrogen (secondary N) is 1. The average Bonchev–Trinajstić information content (AvgIpc) is 3.33. The number of amides is 2. The van der Waals surface area contributed by atoms with E-state index in [0.717, 1.165) is 30.6 Å². The molecule has 0 radical (unpaired) electrons. The third kappa shape index (κ3) is 3.48. The van der Waals surface area contributed by atoms with Gasteiger partial charge in [0.25, 0.3) is 5.91 Å². The first-order chi connectivity index (χ1) is 14.2. The van der Waals surface area contributed by atoms with E-state index in [-0.39, 0.29) is 17.9 Å². The second-order valence-corrected chi connectivity index (χ2v) is 7.92. The van der Waals surface area contributed by atoms with Gasteiger partial charge in [0.1, 0.15) is 5.52 Å². The van der Waals surface area contributed by atoms with Gasteiger partial charge < -0.3 is 14.8 Å². The van der Waals surface area contributed by atoms with Crippen LogP contribution in [0.1, 0.15) is 28.8 Å². The van der Waals surface area contributed by atoms with E-state index in [1.165, 1.54) is 5.56 Å². The van der Waals surface area contributed by atoms with Gasteiger partial charge in [0.05, 0.1) is 11.9 Å². The molecule has 1 N–H and O–H groups in total. The zero-order valence-corrected chi connectivity index (χ0v) is 16.1. The third-order valence-corrected chi connectivity index (χ3v) is 6.02. The Hall–Kier alpha value is -3.22. The highest BCUT2D eigenvalue weighted by molar-refractivity contribution is 5.96. The van der Waals surface area contributed by atoms with Crippen molar-refractivity contribution in [3.05, 3.63) is 60.0 Å². The van der Waals surface area contributed by atoms with Crippen molar-refractivity contribution in [3.63, 3.8) is 0 Å². The molecule has 2 fully saturated rings. The lowest BCUT2D eigenvalue weighted by atomic mass is 9.92. The van der Waals surface area contributed by atoms with Gasteiger partial charge in [0.2, 0.25) is 5.91 Å². The number of pyridine rings is 1. The third-order valence-electron chi connectivity index (χ3n) is 6.02. The molecule has 2 atom stereocenters. The number of rotatable bonds is 4. The van der Waals surface area contributed by atoms with Crippen LogP contribution < -0.4 is 5.32 Å². The molecule has 2 saturated heterocycles. The lowest BCUT2D eigenvalue weighted by Crippen LogP contribution is -2.49. The number of hydrogen-bond acceptors (Lipinski definition) is 4. The average molecular weight is 389 g/mol. The quantitative estimate of drug-likeness (QED) is 0.740. The van der Waals surface area contributed by atoms with Crippen LogP contribution in [0.2, 0.25) is 0 Å². The first kappa shape index (κ1) is 17.8. The van der Waals surface area contributed by atoms with E-state index in [4.69, 9.17) is 0 Å². The Labute approximate surface area is 168 Å².